The molecule has 0 fully saturated rings. The minimum atomic E-state index is -0.764. The molecule has 0 atom stereocenters. The molecule has 0 saturated carbocycles. The second kappa shape index (κ2) is 4.77. The van der Waals surface area contributed by atoms with E-state index in [0.717, 1.165) is 35.4 Å². The minimum absolute atomic E-state index is 0.0437. The summed E-state index contributed by atoms with van der Waals surface area (Å²) in [6.45, 7) is 1.70. The Kier molecular flexibility index (Phi) is 3.36. The number of nitriles is 1. The Balaban J connectivity index is 2.37. The molecule has 2 rings (SSSR count). The van der Waals surface area contributed by atoms with Crippen molar-refractivity contribution in [1.29, 1.82) is 5.26 Å². The third-order valence-electron chi connectivity index (χ3n) is 1.83. The summed E-state index contributed by atoms with van der Waals surface area (Å²) in [5, 5.41) is 8.56. The van der Waals surface area contributed by atoms with E-state index < -0.39 is 11.6 Å². The molecule has 0 unspecified atom stereocenters. The summed E-state index contributed by atoms with van der Waals surface area (Å²) in [4.78, 5) is 3.84. The van der Waals surface area contributed by atoms with Crippen molar-refractivity contribution >= 4 is 23.3 Å². The van der Waals surface area contributed by atoms with Gasteiger partial charge in [0.1, 0.15) is 17.5 Å². The number of halogens is 2. The van der Waals surface area contributed by atoms with Gasteiger partial charge in [-0.25, -0.2) is 13.8 Å². The summed E-state index contributed by atoms with van der Waals surface area (Å²) >= 11 is 1.94. The molecular weight excluding hydrogens is 264 g/mol. The first-order chi connectivity index (χ1) is 8.10. The van der Waals surface area contributed by atoms with Crippen LogP contribution in [0, 0.1) is 29.9 Å². The standard InChI is InChI=1S/C10H5F2N3S2/c1-5-14-10(17-15-5)16-9-7(11)2-6(4-13)3-8(9)12/h2-3H,1H3. The van der Waals surface area contributed by atoms with Gasteiger partial charge in [0.05, 0.1) is 16.5 Å². The Hall–Kier alpha value is -1.52. The minimum Gasteiger partial charge on any atom is -0.213 e. The molecule has 1 heterocycles. The van der Waals surface area contributed by atoms with Crippen LogP contribution in [0.1, 0.15) is 11.4 Å². The van der Waals surface area contributed by atoms with E-state index in [0.29, 0.717) is 10.2 Å². The van der Waals surface area contributed by atoms with E-state index >= 15 is 0 Å². The topological polar surface area (TPSA) is 49.6 Å². The van der Waals surface area contributed by atoms with Gasteiger partial charge in [-0.2, -0.15) is 9.64 Å². The average molecular weight is 269 g/mol. The lowest BCUT2D eigenvalue weighted by atomic mass is 10.2. The summed E-state index contributed by atoms with van der Waals surface area (Å²) < 4.78 is 31.5. The van der Waals surface area contributed by atoms with Crippen LogP contribution in [-0.4, -0.2) is 9.36 Å². The predicted octanol–water partition coefficient (Wildman–Crippen LogP) is 3.15. The molecule has 0 aliphatic heterocycles. The van der Waals surface area contributed by atoms with Crippen LogP contribution in [0.5, 0.6) is 0 Å². The van der Waals surface area contributed by atoms with Crippen molar-refractivity contribution in [3.63, 3.8) is 0 Å². The first kappa shape index (κ1) is 12.0. The fourth-order valence-corrected chi connectivity index (χ4v) is 2.73. The lowest BCUT2D eigenvalue weighted by Crippen LogP contribution is -1.90. The highest BCUT2D eigenvalue weighted by molar-refractivity contribution is 8.01. The van der Waals surface area contributed by atoms with Gasteiger partial charge in [0.2, 0.25) is 0 Å². The maximum absolute atomic E-state index is 13.5. The van der Waals surface area contributed by atoms with Crippen molar-refractivity contribution in [2.45, 2.75) is 16.2 Å². The highest BCUT2D eigenvalue weighted by atomic mass is 32.2. The molecule has 2 aromatic rings. The van der Waals surface area contributed by atoms with Gasteiger partial charge in [0.25, 0.3) is 0 Å². The molecule has 3 nitrogen and oxygen atoms in total. The van der Waals surface area contributed by atoms with Crippen LogP contribution in [-0.2, 0) is 0 Å². The van der Waals surface area contributed by atoms with E-state index in [2.05, 4.69) is 9.36 Å². The Morgan fingerprint density at radius 2 is 2.00 bits per heavy atom. The molecule has 0 saturated heterocycles. The number of aromatic nitrogens is 2. The number of hydrogen-bond donors (Lipinski definition) is 0. The van der Waals surface area contributed by atoms with Crippen molar-refractivity contribution in [1.82, 2.24) is 9.36 Å². The summed E-state index contributed by atoms with van der Waals surface area (Å²) in [6, 6.07) is 3.69. The SMILES string of the molecule is Cc1nsc(Sc2c(F)cc(C#N)cc2F)n1. The molecule has 0 aliphatic rings. The van der Waals surface area contributed by atoms with Gasteiger partial charge in [-0.3, -0.25) is 0 Å². The van der Waals surface area contributed by atoms with Gasteiger partial charge >= 0.3 is 0 Å². The van der Waals surface area contributed by atoms with E-state index in [1.807, 2.05) is 0 Å². The lowest BCUT2D eigenvalue weighted by molar-refractivity contribution is 0.540. The van der Waals surface area contributed by atoms with Gasteiger partial charge in [-0.05, 0) is 30.6 Å². The van der Waals surface area contributed by atoms with E-state index in [9.17, 15) is 8.78 Å². The lowest BCUT2D eigenvalue weighted by Gasteiger charge is -2.02. The molecule has 7 heteroatoms. The van der Waals surface area contributed by atoms with Crippen LogP contribution in [0.4, 0.5) is 8.78 Å². The Morgan fingerprint density at radius 3 is 2.47 bits per heavy atom. The smallest absolute Gasteiger partial charge is 0.175 e. The zero-order chi connectivity index (χ0) is 12.4. The van der Waals surface area contributed by atoms with E-state index in [-0.39, 0.29) is 10.5 Å². The number of aryl methyl sites for hydroxylation is 1. The number of hydrogen-bond acceptors (Lipinski definition) is 5. The number of nitrogens with zero attached hydrogens (tertiary/aromatic N) is 3. The molecule has 0 aliphatic carbocycles. The molecule has 0 spiro atoms. The Bertz CT molecular complexity index is 581. The van der Waals surface area contributed by atoms with Gasteiger partial charge < -0.3 is 0 Å². The summed E-state index contributed by atoms with van der Waals surface area (Å²) in [7, 11) is 0. The van der Waals surface area contributed by atoms with Crippen LogP contribution in [0.2, 0.25) is 0 Å². The van der Waals surface area contributed by atoms with Crippen LogP contribution < -0.4 is 0 Å². The highest BCUT2D eigenvalue weighted by Crippen LogP contribution is 2.33. The summed E-state index contributed by atoms with van der Waals surface area (Å²) in [5.41, 5.74) is -0.0437. The molecule has 0 N–H and O–H groups in total. The number of rotatable bonds is 2. The van der Waals surface area contributed by atoms with Crippen LogP contribution in [0.15, 0.2) is 21.4 Å². The van der Waals surface area contributed by atoms with E-state index in [4.69, 9.17) is 5.26 Å². The molecular formula is C10H5F2N3S2. The second-order valence-electron chi connectivity index (χ2n) is 3.09. The van der Waals surface area contributed by atoms with Gasteiger partial charge in [-0.15, -0.1) is 0 Å². The fraction of sp³-hybridized carbons (Fsp3) is 0.100. The monoisotopic (exact) mass is 269 g/mol. The third kappa shape index (κ3) is 2.60. The molecule has 0 amide bonds. The molecule has 1 aromatic carbocycles. The zero-order valence-electron chi connectivity index (χ0n) is 8.57. The maximum Gasteiger partial charge on any atom is 0.175 e. The van der Waals surface area contributed by atoms with E-state index in [1.165, 1.54) is 0 Å². The molecule has 0 radical (unpaired) electrons. The normalized spacial score (nSPS) is 10.2. The van der Waals surface area contributed by atoms with Crippen molar-refractivity contribution in [2.75, 3.05) is 0 Å². The Morgan fingerprint density at radius 1 is 1.35 bits per heavy atom. The second-order valence-corrected chi connectivity index (χ2v) is 5.10. The molecule has 17 heavy (non-hydrogen) atoms. The van der Waals surface area contributed by atoms with E-state index in [1.54, 1.807) is 13.0 Å². The van der Waals surface area contributed by atoms with Crippen LogP contribution in [0.3, 0.4) is 0 Å². The maximum atomic E-state index is 13.5. The molecule has 86 valence electrons. The number of benzene rings is 1. The predicted molar refractivity (Wildman–Crippen MR) is 59.8 cm³/mol. The average Bonchev–Trinajstić information content (AvgIpc) is 2.69. The molecule has 1 aromatic heterocycles. The summed E-state index contributed by atoms with van der Waals surface area (Å²) in [5.74, 6) is -0.967. The largest absolute Gasteiger partial charge is 0.213 e. The zero-order valence-corrected chi connectivity index (χ0v) is 10.2. The quantitative estimate of drug-likeness (QED) is 0.840. The first-order valence-corrected chi connectivity index (χ1v) is 6.06. The Labute approximate surface area is 104 Å². The van der Waals surface area contributed by atoms with Crippen molar-refractivity contribution < 1.29 is 8.78 Å². The van der Waals surface area contributed by atoms with Crippen LogP contribution >= 0.6 is 23.3 Å². The van der Waals surface area contributed by atoms with Crippen molar-refractivity contribution in [3.05, 3.63) is 35.2 Å². The fourth-order valence-electron chi connectivity index (χ4n) is 1.13. The highest BCUT2D eigenvalue weighted by Gasteiger charge is 2.14. The van der Waals surface area contributed by atoms with Crippen LogP contribution in [0.25, 0.3) is 0 Å². The van der Waals surface area contributed by atoms with Gasteiger partial charge in [-0.1, -0.05) is 11.8 Å². The first-order valence-electron chi connectivity index (χ1n) is 4.47. The van der Waals surface area contributed by atoms with Crippen molar-refractivity contribution in [2.24, 2.45) is 0 Å². The third-order valence-corrected chi connectivity index (χ3v) is 3.76. The van der Waals surface area contributed by atoms with Gasteiger partial charge in [0, 0.05) is 0 Å². The summed E-state index contributed by atoms with van der Waals surface area (Å²) in [6.07, 6.45) is 0. The molecule has 0 bridgehead atoms. The van der Waals surface area contributed by atoms with Gasteiger partial charge in [0.15, 0.2) is 4.34 Å². The van der Waals surface area contributed by atoms with Crippen molar-refractivity contribution in [3.8, 4) is 6.07 Å².